The Hall–Kier alpha value is -3.40. The first-order valence-electron chi connectivity index (χ1n) is 8.49. The van der Waals surface area contributed by atoms with Gasteiger partial charge in [0.15, 0.2) is 0 Å². The van der Waals surface area contributed by atoms with Gasteiger partial charge < -0.3 is 14.6 Å². The van der Waals surface area contributed by atoms with Crippen molar-refractivity contribution in [3.8, 4) is 11.9 Å². The van der Waals surface area contributed by atoms with E-state index in [2.05, 4.69) is 15.0 Å². The fourth-order valence-corrected chi connectivity index (χ4v) is 3.23. The van der Waals surface area contributed by atoms with Gasteiger partial charge in [-0.1, -0.05) is 6.07 Å². The van der Waals surface area contributed by atoms with Crippen molar-refractivity contribution in [3.05, 3.63) is 54.1 Å². The number of rotatable bonds is 3. The lowest BCUT2D eigenvalue weighted by molar-refractivity contribution is 0.0526. The number of hydrogen-bond donors (Lipinski definition) is 1. The van der Waals surface area contributed by atoms with Crippen LogP contribution >= 0.6 is 0 Å². The fourth-order valence-electron chi connectivity index (χ4n) is 3.23. The lowest BCUT2D eigenvalue weighted by Crippen LogP contribution is -2.44. The van der Waals surface area contributed by atoms with E-state index in [9.17, 15) is 4.79 Å². The Bertz CT molecular complexity index is 991. The molecule has 0 saturated carbocycles. The summed E-state index contributed by atoms with van der Waals surface area (Å²) in [5, 5.41) is 10.2. The largest absolute Gasteiger partial charge is 0.470 e. The Morgan fingerprint density at radius 1 is 1.31 bits per heavy atom. The number of hydrogen-bond acceptors (Lipinski definition) is 5. The van der Waals surface area contributed by atoms with Gasteiger partial charge in [0, 0.05) is 36.2 Å². The molecular weight excluding hydrogens is 330 g/mol. The molecule has 2 aromatic heterocycles. The molecule has 1 aromatic carbocycles. The van der Waals surface area contributed by atoms with E-state index in [0.29, 0.717) is 18.7 Å². The molecule has 1 fully saturated rings. The number of nitriles is 1. The minimum Gasteiger partial charge on any atom is -0.470 e. The highest BCUT2D eigenvalue weighted by molar-refractivity contribution is 5.98. The van der Waals surface area contributed by atoms with Gasteiger partial charge in [-0.3, -0.25) is 4.79 Å². The second-order valence-electron chi connectivity index (χ2n) is 6.23. The third kappa shape index (κ3) is 3.09. The summed E-state index contributed by atoms with van der Waals surface area (Å²) in [6.07, 6.45) is 6.25. The van der Waals surface area contributed by atoms with Crippen LogP contribution in [-0.4, -0.2) is 45.0 Å². The van der Waals surface area contributed by atoms with Crippen LogP contribution in [0.15, 0.2) is 42.9 Å². The molecule has 1 saturated heterocycles. The molecule has 3 aromatic rings. The van der Waals surface area contributed by atoms with Gasteiger partial charge in [-0.05, 0) is 36.4 Å². The lowest BCUT2D eigenvalue weighted by Gasteiger charge is -2.32. The average molecular weight is 347 g/mol. The number of likely N-dealkylation sites (tertiary alicyclic amines) is 1. The second kappa shape index (κ2) is 6.84. The topological polar surface area (TPSA) is 94.9 Å². The van der Waals surface area contributed by atoms with Gasteiger partial charge in [-0.25, -0.2) is 9.97 Å². The van der Waals surface area contributed by atoms with Crippen molar-refractivity contribution in [3.63, 3.8) is 0 Å². The standard InChI is InChI=1S/C19H17N5O2/c20-11-17-18(23-8-7-22-17)26-15-2-1-9-24(12-15)19(25)14-4-3-13-5-6-21-16(13)10-14/h3-8,10,15,21H,1-2,9,12H2. The second-order valence-corrected chi connectivity index (χ2v) is 6.23. The van der Waals surface area contributed by atoms with Gasteiger partial charge in [-0.2, -0.15) is 5.26 Å². The van der Waals surface area contributed by atoms with Crippen LogP contribution in [0, 0.1) is 11.3 Å². The first-order valence-corrected chi connectivity index (χ1v) is 8.49. The van der Waals surface area contributed by atoms with Crippen molar-refractivity contribution in [1.29, 1.82) is 5.26 Å². The number of nitrogens with one attached hydrogen (secondary N) is 1. The SMILES string of the molecule is N#Cc1nccnc1OC1CCCN(C(=O)c2ccc3cc[nH]c3c2)C1. The molecule has 7 nitrogen and oxygen atoms in total. The molecule has 1 atom stereocenters. The van der Waals surface area contributed by atoms with E-state index in [-0.39, 0.29) is 23.6 Å². The molecule has 0 spiro atoms. The molecule has 1 aliphatic rings. The molecule has 26 heavy (non-hydrogen) atoms. The molecule has 1 N–H and O–H groups in total. The number of piperidine rings is 1. The lowest BCUT2D eigenvalue weighted by atomic mass is 10.1. The van der Waals surface area contributed by atoms with Crippen molar-refractivity contribution in [2.24, 2.45) is 0 Å². The van der Waals surface area contributed by atoms with Crippen LogP contribution in [-0.2, 0) is 0 Å². The zero-order valence-electron chi connectivity index (χ0n) is 14.1. The Labute approximate surface area is 150 Å². The van der Waals surface area contributed by atoms with Crippen LogP contribution in [0.4, 0.5) is 0 Å². The van der Waals surface area contributed by atoms with E-state index in [1.54, 1.807) is 4.90 Å². The Kier molecular flexibility index (Phi) is 4.23. The first kappa shape index (κ1) is 16.1. The molecule has 130 valence electrons. The molecule has 1 amide bonds. The van der Waals surface area contributed by atoms with Crippen LogP contribution in [0.1, 0.15) is 28.9 Å². The van der Waals surface area contributed by atoms with E-state index >= 15 is 0 Å². The van der Waals surface area contributed by atoms with Crippen LogP contribution < -0.4 is 4.74 Å². The summed E-state index contributed by atoms with van der Waals surface area (Å²) in [6.45, 7) is 1.15. The number of aromatic amines is 1. The normalized spacial score (nSPS) is 17.0. The smallest absolute Gasteiger partial charge is 0.254 e. The zero-order valence-corrected chi connectivity index (χ0v) is 14.1. The van der Waals surface area contributed by atoms with Crippen molar-refractivity contribution in [2.45, 2.75) is 18.9 Å². The number of carbonyl (C=O) groups excluding carboxylic acids is 1. The predicted molar refractivity (Wildman–Crippen MR) is 94.6 cm³/mol. The Morgan fingerprint density at radius 3 is 3.08 bits per heavy atom. The quantitative estimate of drug-likeness (QED) is 0.785. The highest BCUT2D eigenvalue weighted by Crippen LogP contribution is 2.21. The maximum Gasteiger partial charge on any atom is 0.254 e. The predicted octanol–water partition coefficient (Wildman–Crippen LogP) is 2.51. The van der Waals surface area contributed by atoms with Crippen molar-refractivity contribution >= 4 is 16.8 Å². The van der Waals surface area contributed by atoms with Crippen LogP contribution in [0.25, 0.3) is 10.9 Å². The minimum absolute atomic E-state index is 0.0190. The van der Waals surface area contributed by atoms with E-state index in [4.69, 9.17) is 10.00 Å². The van der Waals surface area contributed by atoms with Gasteiger partial charge in [0.1, 0.15) is 12.2 Å². The summed E-state index contributed by atoms with van der Waals surface area (Å²) in [5.74, 6) is 0.205. The number of aromatic nitrogens is 3. The maximum absolute atomic E-state index is 12.9. The summed E-state index contributed by atoms with van der Waals surface area (Å²) in [6, 6.07) is 9.61. The summed E-state index contributed by atoms with van der Waals surface area (Å²) in [4.78, 5) is 25.8. The summed E-state index contributed by atoms with van der Waals surface area (Å²) >= 11 is 0. The number of fused-ring (bicyclic) bond motifs is 1. The summed E-state index contributed by atoms with van der Waals surface area (Å²) < 4.78 is 5.86. The fraction of sp³-hybridized carbons (Fsp3) is 0.263. The molecule has 1 unspecified atom stereocenters. The van der Waals surface area contributed by atoms with Gasteiger partial charge in [0.25, 0.3) is 11.8 Å². The van der Waals surface area contributed by atoms with E-state index < -0.39 is 0 Å². The summed E-state index contributed by atoms with van der Waals surface area (Å²) in [7, 11) is 0. The number of ether oxygens (including phenoxy) is 1. The third-order valence-electron chi connectivity index (χ3n) is 4.52. The van der Waals surface area contributed by atoms with E-state index in [1.165, 1.54) is 12.4 Å². The van der Waals surface area contributed by atoms with Crippen molar-refractivity contribution in [2.75, 3.05) is 13.1 Å². The van der Waals surface area contributed by atoms with Crippen LogP contribution in [0.5, 0.6) is 5.88 Å². The Balaban J connectivity index is 1.49. The van der Waals surface area contributed by atoms with E-state index in [0.717, 1.165) is 23.7 Å². The van der Waals surface area contributed by atoms with E-state index in [1.807, 2.05) is 36.5 Å². The number of carbonyl (C=O) groups is 1. The molecule has 1 aliphatic heterocycles. The molecule has 7 heteroatoms. The average Bonchev–Trinajstić information content (AvgIpc) is 3.16. The highest BCUT2D eigenvalue weighted by atomic mass is 16.5. The molecule has 4 rings (SSSR count). The Morgan fingerprint density at radius 2 is 2.19 bits per heavy atom. The zero-order chi connectivity index (χ0) is 17.9. The molecule has 3 heterocycles. The third-order valence-corrected chi connectivity index (χ3v) is 4.52. The van der Waals surface area contributed by atoms with Gasteiger partial charge >= 0.3 is 0 Å². The maximum atomic E-state index is 12.9. The number of nitrogens with zero attached hydrogens (tertiary/aromatic N) is 4. The van der Waals surface area contributed by atoms with Crippen molar-refractivity contribution < 1.29 is 9.53 Å². The van der Waals surface area contributed by atoms with Crippen LogP contribution in [0.2, 0.25) is 0 Å². The summed E-state index contributed by atoms with van der Waals surface area (Å²) in [5.41, 5.74) is 1.75. The van der Waals surface area contributed by atoms with Crippen LogP contribution in [0.3, 0.4) is 0 Å². The molecule has 0 radical (unpaired) electrons. The minimum atomic E-state index is -0.203. The number of H-pyrrole nitrogens is 1. The number of amides is 1. The van der Waals surface area contributed by atoms with Gasteiger partial charge in [0.05, 0.1) is 6.54 Å². The molecule has 0 bridgehead atoms. The monoisotopic (exact) mass is 347 g/mol. The van der Waals surface area contributed by atoms with Gasteiger partial charge in [-0.15, -0.1) is 0 Å². The van der Waals surface area contributed by atoms with Gasteiger partial charge in [0.2, 0.25) is 5.69 Å². The molecular formula is C19H17N5O2. The highest BCUT2D eigenvalue weighted by Gasteiger charge is 2.27. The van der Waals surface area contributed by atoms with Crippen molar-refractivity contribution in [1.82, 2.24) is 19.9 Å². The number of benzene rings is 1. The first-order chi connectivity index (χ1) is 12.7. The molecule has 0 aliphatic carbocycles.